The number of hydrogen-bond donors (Lipinski definition) is 2. The van der Waals surface area contributed by atoms with E-state index in [-0.39, 0.29) is 17.5 Å². The standard InChI is InChI=1S/C18H27N3O2/c19-11-15-2-1-5-21(15)16(22)3-4-20-17-7-13-6-14(8-17)10-18(23,9-13)12-17/h13-15,20,23H,1-10,12H2/t13?,14?,15-,17?,18?/m0/s1. The molecule has 3 atom stereocenters. The molecule has 1 heterocycles. The van der Waals surface area contributed by atoms with Crippen LogP contribution in [0.5, 0.6) is 0 Å². The van der Waals surface area contributed by atoms with Gasteiger partial charge in [0.1, 0.15) is 6.04 Å². The zero-order chi connectivity index (χ0) is 16.1. The highest BCUT2D eigenvalue weighted by atomic mass is 16.3. The minimum Gasteiger partial charge on any atom is -0.390 e. The minimum atomic E-state index is -0.456. The summed E-state index contributed by atoms with van der Waals surface area (Å²) in [4.78, 5) is 14.1. The van der Waals surface area contributed by atoms with Crippen molar-refractivity contribution in [3.8, 4) is 6.07 Å². The number of amides is 1. The van der Waals surface area contributed by atoms with Crippen molar-refractivity contribution in [2.45, 2.75) is 75.0 Å². The van der Waals surface area contributed by atoms with Gasteiger partial charge < -0.3 is 15.3 Å². The zero-order valence-electron chi connectivity index (χ0n) is 13.8. The molecule has 0 radical (unpaired) electrons. The third kappa shape index (κ3) is 2.77. The van der Waals surface area contributed by atoms with Gasteiger partial charge in [-0.3, -0.25) is 4.79 Å². The van der Waals surface area contributed by atoms with Crippen LogP contribution in [0, 0.1) is 23.2 Å². The van der Waals surface area contributed by atoms with Gasteiger partial charge in [0.05, 0.1) is 11.7 Å². The topological polar surface area (TPSA) is 76.4 Å². The minimum absolute atomic E-state index is 0.0543. The Balaban J connectivity index is 1.33. The molecule has 1 saturated heterocycles. The highest BCUT2D eigenvalue weighted by Crippen LogP contribution is 2.57. The number of rotatable bonds is 4. The summed E-state index contributed by atoms with van der Waals surface area (Å²) in [5, 5.41) is 23.5. The lowest BCUT2D eigenvalue weighted by molar-refractivity contribution is -0.143. The largest absolute Gasteiger partial charge is 0.390 e. The number of hydrogen-bond acceptors (Lipinski definition) is 4. The molecular formula is C18H27N3O2. The zero-order valence-corrected chi connectivity index (χ0v) is 13.8. The van der Waals surface area contributed by atoms with E-state index in [0.717, 1.165) is 51.5 Å². The molecule has 1 amide bonds. The van der Waals surface area contributed by atoms with Gasteiger partial charge >= 0.3 is 0 Å². The molecule has 126 valence electrons. The molecule has 23 heavy (non-hydrogen) atoms. The van der Waals surface area contributed by atoms with E-state index in [1.54, 1.807) is 4.90 Å². The molecule has 4 aliphatic carbocycles. The molecular weight excluding hydrogens is 290 g/mol. The molecule has 0 aromatic carbocycles. The Hall–Kier alpha value is -1.12. The highest BCUT2D eigenvalue weighted by Gasteiger charge is 2.56. The third-order valence-electron chi connectivity index (χ3n) is 6.59. The van der Waals surface area contributed by atoms with E-state index in [4.69, 9.17) is 5.26 Å². The van der Waals surface area contributed by atoms with Gasteiger partial charge in [-0.05, 0) is 63.2 Å². The summed E-state index contributed by atoms with van der Waals surface area (Å²) in [5.41, 5.74) is -0.402. The Morgan fingerprint density at radius 3 is 2.70 bits per heavy atom. The highest BCUT2D eigenvalue weighted by molar-refractivity contribution is 5.77. The van der Waals surface area contributed by atoms with Gasteiger partial charge in [-0.15, -0.1) is 0 Å². The van der Waals surface area contributed by atoms with Crippen molar-refractivity contribution in [3.05, 3.63) is 0 Å². The van der Waals surface area contributed by atoms with Crippen LogP contribution in [0.25, 0.3) is 0 Å². The second-order valence-corrected chi connectivity index (χ2v) is 8.52. The average molecular weight is 317 g/mol. The van der Waals surface area contributed by atoms with E-state index in [9.17, 15) is 9.90 Å². The number of carbonyl (C=O) groups excluding carboxylic acids is 1. The van der Waals surface area contributed by atoms with Gasteiger partial charge in [-0.25, -0.2) is 0 Å². The van der Waals surface area contributed by atoms with Crippen LogP contribution in [0.1, 0.15) is 57.8 Å². The summed E-state index contributed by atoms with van der Waals surface area (Å²) in [5.74, 6) is 1.42. The summed E-state index contributed by atoms with van der Waals surface area (Å²) in [6.45, 7) is 1.40. The molecule has 5 nitrogen and oxygen atoms in total. The Bertz CT molecular complexity index is 527. The van der Waals surface area contributed by atoms with E-state index in [1.165, 1.54) is 6.42 Å². The third-order valence-corrected chi connectivity index (χ3v) is 6.59. The van der Waals surface area contributed by atoms with Gasteiger partial charge in [0, 0.05) is 25.0 Å². The number of carbonyl (C=O) groups is 1. The second-order valence-electron chi connectivity index (χ2n) is 8.52. The predicted molar refractivity (Wildman–Crippen MR) is 85.3 cm³/mol. The van der Waals surface area contributed by atoms with Crippen molar-refractivity contribution in [1.29, 1.82) is 5.26 Å². The maximum absolute atomic E-state index is 12.3. The molecule has 5 heteroatoms. The summed E-state index contributed by atoms with van der Waals surface area (Å²) in [7, 11) is 0. The Morgan fingerprint density at radius 2 is 2.04 bits per heavy atom. The Labute approximate surface area is 138 Å². The Kier molecular flexibility index (Phi) is 3.66. The number of nitrogens with zero attached hydrogens (tertiary/aromatic N) is 2. The van der Waals surface area contributed by atoms with Crippen LogP contribution in [-0.2, 0) is 4.79 Å². The van der Waals surface area contributed by atoms with Crippen LogP contribution >= 0.6 is 0 Å². The van der Waals surface area contributed by atoms with Gasteiger partial charge in [-0.2, -0.15) is 5.26 Å². The van der Waals surface area contributed by atoms with Crippen LogP contribution in [0.2, 0.25) is 0 Å². The first kappa shape index (κ1) is 15.4. The van der Waals surface area contributed by atoms with E-state index in [1.807, 2.05) is 0 Å². The fourth-order valence-electron chi connectivity index (χ4n) is 6.20. The number of nitriles is 1. The van der Waals surface area contributed by atoms with Crippen LogP contribution in [0.15, 0.2) is 0 Å². The summed E-state index contributed by atoms with van der Waals surface area (Å²) >= 11 is 0. The average Bonchev–Trinajstić information content (AvgIpc) is 2.92. The molecule has 5 aliphatic rings. The van der Waals surface area contributed by atoms with E-state index >= 15 is 0 Å². The SMILES string of the molecule is N#C[C@@H]1CCCN1C(=O)CCNC12CC3CC(CC(O)(C3)C1)C2. The van der Waals surface area contributed by atoms with Crippen molar-refractivity contribution in [1.82, 2.24) is 10.2 Å². The van der Waals surface area contributed by atoms with E-state index < -0.39 is 5.60 Å². The monoisotopic (exact) mass is 317 g/mol. The predicted octanol–water partition coefficient (Wildman–Crippen LogP) is 1.56. The molecule has 4 saturated carbocycles. The Morgan fingerprint density at radius 1 is 1.30 bits per heavy atom. The maximum Gasteiger partial charge on any atom is 0.224 e. The van der Waals surface area contributed by atoms with E-state index in [0.29, 0.717) is 24.8 Å². The van der Waals surface area contributed by atoms with Crippen LogP contribution in [0.4, 0.5) is 0 Å². The number of aliphatic hydroxyl groups is 1. The molecule has 2 unspecified atom stereocenters. The van der Waals surface area contributed by atoms with Gasteiger partial charge in [0.25, 0.3) is 0 Å². The lowest BCUT2D eigenvalue weighted by Gasteiger charge is -2.60. The van der Waals surface area contributed by atoms with Crippen molar-refractivity contribution in [2.24, 2.45) is 11.8 Å². The number of nitrogens with one attached hydrogen (secondary N) is 1. The first-order chi connectivity index (χ1) is 11.0. The van der Waals surface area contributed by atoms with E-state index in [2.05, 4.69) is 11.4 Å². The fraction of sp³-hybridized carbons (Fsp3) is 0.889. The second kappa shape index (κ2) is 5.46. The molecule has 4 bridgehead atoms. The van der Waals surface area contributed by atoms with Crippen molar-refractivity contribution >= 4 is 5.91 Å². The van der Waals surface area contributed by atoms with Gasteiger partial charge in [-0.1, -0.05) is 0 Å². The molecule has 2 N–H and O–H groups in total. The first-order valence-corrected chi connectivity index (χ1v) is 9.17. The van der Waals surface area contributed by atoms with Crippen LogP contribution < -0.4 is 5.32 Å². The van der Waals surface area contributed by atoms with Crippen molar-refractivity contribution < 1.29 is 9.90 Å². The van der Waals surface area contributed by atoms with Gasteiger partial charge in [0.2, 0.25) is 5.91 Å². The molecule has 0 spiro atoms. The lowest BCUT2D eigenvalue weighted by atomic mass is 9.51. The summed E-state index contributed by atoms with van der Waals surface area (Å²) < 4.78 is 0. The summed E-state index contributed by atoms with van der Waals surface area (Å²) in [6, 6.07) is 2.02. The van der Waals surface area contributed by atoms with Crippen LogP contribution in [0.3, 0.4) is 0 Å². The fourth-order valence-corrected chi connectivity index (χ4v) is 6.20. The normalized spacial score (nSPS) is 44.5. The maximum atomic E-state index is 12.3. The van der Waals surface area contributed by atoms with Crippen molar-refractivity contribution in [3.63, 3.8) is 0 Å². The molecule has 5 rings (SSSR count). The molecule has 0 aromatic rings. The lowest BCUT2D eigenvalue weighted by Crippen LogP contribution is -2.64. The molecule has 1 aliphatic heterocycles. The first-order valence-electron chi connectivity index (χ1n) is 9.17. The van der Waals surface area contributed by atoms with Crippen molar-refractivity contribution in [2.75, 3.05) is 13.1 Å². The quantitative estimate of drug-likeness (QED) is 0.825. The van der Waals surface area contributed by atoms with Gasteiger partial charge in [0.15, 0.2) is 0 Å². The summed E-state index contributed by atoms with van der Waals surface area (Å²) in [6.07, 6.45) is 8.62. The smallest absolute Gasteiger partial charge is 0.224 e. The van der Waals surface area contributed by atoms with Crippen LogP contribution in [-0.4, -0.2) is 46.2 Å². The molecule has 0 aromatic heterocycles. The molecule has 5 fully saturated rings. The number of likely N-dealkylation sites (tertiary alicyclic amines) is 1.